The van der Waals surface area contributed by atoms with Crippen LogP contribution in [-0.4, -0.2) is 52.9 Å². The Kier molecular flexibility index (Phi) is 5.14. The van der Waals surface area contributed by atoms with Crippen LogP contribution in [0.1, 0.15) is 20.3 Å². The maximum absolute atomic E-state index is 10.1. The summed E-state index contributed by atoms with van der Waals surface area (Å²) in [6.45, 7) is 3.70. The standard InChI is InChI=1S/C11H23NO4/c1-6(2)3-7-8(4-13)16-9(5-14)10(12)11(7)15/h6-11,13-15H,3-5,12H2,1-2H3. The lowest BCUT2D eigenvalue weighted by Crippen LogP contribution is -2.60. The molecule has 5 N–H and O–H groups in total. The third-order valence-corrected chi connectivity index (χ3v) is 3.19. The molecule has 1 aliphatic heterocycles. The van der Waals surface area contributed by atoms with E-state index in [0.29, 0.717) is 5.92 Å². The molecule has 0 spiro atoms. The smallest absolute Gasteiger partial charge is 0.0986 e. The van der Waals surface area contributed by atoms with E-state index in [2.05, 4.69) is 0 Å². The van der Waals surface area contributed by atoms with Crippen molar-refractivity contribution in [2.45, 2.75) is 44.6 Å². The van der Waals surface area contributed by atoms with Crippen molar-refractivity contribution in [2.24, 2.45) is 17.6 Å². The molecule has 1 rings (SSSR count). The highest BCUT2D eigenvalue weighted by Gasteiger charge is 2.42. The van der Waals surface area contributed by atoms with E-state index in [1.807, 2.05) is 13.8 Å². The van der Waals surface area contributed by atoms with Gasteiger partial charge in [-0.15, -0.1) is 0 Å². The van der Waals surface area contributed by atoms with E-state index >= 15 is 0 Å². The number of aliphatic hydroxyl groups is 3. The molecule has 5 unspecified atom stereocenters. The molecule has 16 heavy (non-hydrogen) atoms. The van der Waals surface area contributed by atoms with Crippen molar-refractivity contribution in [2.75, 3.05) is 13.2 Å². The predicted molar refractivity (Wildman–Crippen MR) is 59.8 cm³/mol. The molecular formula is C11H23NO4. The first-order valence-electron chi connectivity index (χ1n) is 5.82. The Hall–Kier alpha value is -0.200. The summed E-state index contributed by atoms with van der Waals surface area (Å²) in [5, 5.41) is 28.4. The fraction of sp³-hybridized carbons (Fsp3) is 1.00. The van der Waals surface area contributed by atoms with Gasteiger partial charge in [0.1, 0.15) is 0 Å². The first-order valence-corrected chi connectivity index (χ1v) is 5.82. The Bertz CT molecular complexity index is 210. The zero-order valence-corrected chi connectivity index (χ0v) is 9.91. The second-order valence-corrected chi connectivity index (χ2v) is 4.94. The summed E-state index contributed by atoms with van der Waals surface area (Å²) in [6.07, 6.45) is -1.01. The maximum atomic E-state index is 10.1. The summed E-state index contributed by atoms with van der Waals surface area (Å²) >= 11 is 0. The van der Waals surface area contributed by atoms with Crippen LogP contribution < -0.4 is 5.73 Å². The second-order valence-electron chi connectivity index (χ2n) is 4.94. The molecule has 1 heterocycles. The highest BCUT2D eigenvalue weighted by Crippen LogP contribution is 2.29. The quantitative estimate of drug-likeness (QED) is 0.504. The number of nitrogens with two attached hydrogens (primary N) is 1. The molecule has 1 aliphatic rings. The van der Waals surface area contributed by atoms with Crippen molar-refractivity contribution >= 4 is 0 Å². The van der Waals surface area contributed by atoms with Gasteiger partial charge in [-0.25, -0.2) is 0 Å². The summed E-state index contributed by atoms with van der Waals surface area (Å²) in [4.78, 5) is 0. The Morgan fingerprint density at radius 3 is 2.19 bits per heavy atom. The molecular weight excluding hydrogens is 210 g/mol. The van der Waals surface area contributed by atoms with Crippen LogP contribution in [0.4, 0.5) is 0 Å². The van der Waals surface area contributed by atoms with E-state index in [4.69, 9.17) is 15.6 Å². The van der Waals surface area contributed by atoms with Gasteiger partial charge in [0, 0.05) is 5.92 Å². The molecule has 1 fully saturated rings. The van der Waals surface area contributed by atoms with Crippen molar-refractivity contribution < 1.29 is 20.1 Å². The Morgan fingerprint density at radius 2 is 1.75 bits per heavy atom. The van der Waals surface area contributed by atoms with Crippen molar-refractivity contribution in [3.05, 3.63) is 0 Å². The fourth-order valence-electron chi connectivity index (χ4n) is 2.32. The Morgan fingerprint density at radius 1 is 1.19 bits per heavy atom. The second kappa shape index (κ2) is 5.93. The van der Waals surface area contributed by atoms with Gasteiger partial charge in [-0.3, -0.25) is 0 Å². The Balaban J connectivity index is 2.73. The number of hydrogen-bond acceptors (Lipinski definition) is 5. The summed E-state index contributed by atoms with van der Waals surface area (Å²) in [5.41, 5.74) is 5.80. The average molecular weight is 233 g/mol. The molecule has 0 aliphatic carbocycles. The lowest BCUT2D eigenvalue weighted by atomic mass is 9.81. The molecule has 0 bridgehead atoms. The number of aliphatic hydroxyl groups excluding tert-OH is 3. The van der Waals surface area contributed by atoms with Crippen LogP contribution in [-0.2, 0) is 4.74 Å². The molecule has 5 atom stereocenters. The van der Waals surface area contributed by atoms with Crippen LogP contribution in [0.5, 0.6) is 0 Å². The molecule has 1 saturated heterocycles. The van der Waals surface area contributed by atoms with Crippen LogP contribution in [0.25, 0.3) is 0 Å². The van der Waals surface area contributed by atoms with Gasteiger partial charge in [0.05, 0.1) is 37.6 Å². The lowest BCUT2D eigenvalue weighted by molar-refractivity contribution is -0.174. The number of ether oxygens (including phenoxy) is 1. The van der Waals surface area contributed by atoms with Gasteiger partial charge in [0.2, 0.25) is 0 Å². The van der Waals surface area contributed by atoms with Gasteiger partial charge in [-0.2, -0.15) is 0 Å². The molecule has 0 amide bonds. The van der Waals surface area contributed by atoms with Crippen LogP contribution >= 0.6 is 0 Å². The molecule has 5 nitrogen and oxygen atoms in total. The third kappa shape index (κ3) is 2.93. The Labute approximate surface area is 96.2 Å². The van der Waals surface area contributed by atoms with Gasteiger partial charge < -0.3 is 25.8 Å². The normalized spacial score (nSPS) is 40.3. The predicted octanol–water partition coefficient (Wildman–Crippen LogP) is -0.911. The SMILES string of the molecule is CC(C)CC1C(CO)OC(CO)C(N)C1O. The minimum atomic E-state index is -0.731. The molecule has 0 radical (unpaired) electrons. The summed E-state index contributed by atoms with van der Waals surface area (Å²) in [6, 6.07) is -0.587. The van der Waals surface area contributed by atoms with Crippen LogP contribution in [0, 0.1) is 11.8 Å². The first kappa shape index (κ1) is 13.9. The summed E-state index contributed by atoms with van der Waals surface area (Å²) in [5.74, 6) is 0.234. The lowest BCUT2D eigenvalue weighted by Gasteiger charge is -2.43. The van der Waals surface area contributed by atoms with Crippen molar-refractivity contribution in [1.82, 2.24) is 0 Å². The molecule has 5 heteroatoms. The van der Waals surface area contributed by atoms with Crippen LogP contribution in [0.3, 0.4) is 0 Å². The molecule has 96 valence electrons. The molecule has 0 aromatic carbocycles. The van der Waals surface area contributed by atoms with E-state index in [1.54, 1.807) is 0 Å². The maximum Gasteiger partial charge on any atom is 0.0986 e. The van der Waals surface area contributed by atoms with E-state index in [9.17, 15) is 10.2 Å². The van der Waals surface area contributed by atoms with E-state index in [0.717, 1.165) is 6.42 Å². The molecule has 0 aromatic rings. The molecule has 0 aromatic heterocycles. The highest BCUT2D eigenvalue weighted by atomic mass is 16.5. The van der Waals surface area contributed by atoms with Gasteiger partial charge in [0.15, 0.2) is 0 Å². The summed E-state index contributed by atoms with van der Waals surface area (Å²) < 4.78 is 5.50. The number of hydrogen-bond donors (Lipinski definition) is 4. The monoisotopic (exact) mass is 233 g/mol. The van der Waals surface area contributed by atoms with Gasteiger partial charge in [-0.05, 0) is 12.3 Å². The van der Waals surface area contributed by atoms with Crippen LogP contribution in [0.15, 0.2) is 0 Å². The number of rotatable bonds is 4. The van der Waals surface area contributed by atoms with Gasteiger partial charge in [0.25, 0.3) is 0 Å². The minimum absolute atomic E-state index is 0.155. The summed E-state index contributed by atoms with van der Waals surface area (Å²) in [7, 11) is 0. The van der Waals surface area contributed by atoms with E-state index in [1.165, 1.54) is 0 Å². The zero-order valence-electron chi connectivity index (χ0n) is 9.91. The van der Waals surface area contributed by atoms with E-state index < -0.39 is 24.4 Å². The zero-order chi connectivity index (χ0) is 12.3. The van der Waals surface area contributed by atoms with Crippen molar-refractivity contribution in [3.63, 3.8) is 0 Å². The van der Waals surface area contributed by atoms with Crippen molar-refractivity contribution in [1.29, 1.82) is 0 Å². The first-order chi connectivity index (χ1) is 7.51. The highest BCUT2D eigenvalue weighted by molar-refractivity contribution is 4.94. The van der Waals surface area contributed by atoms with E-state index in [-0.39, 0.29) is 19.1 Å². The fourth-order valence-corrected chi connectivity index (χ4v) is 2.32. The minimum Gasteiger partial charge on any atom is -0.394 e. The van der Waals surface area contributed by atoms with Crippen LogP contribution in [0.2, 0.25) is 0 Å². The molecule has 0 saturated carbocycles. The van der Waals surface area contributed by atoms with Gasteiger partial charge >= 0.3 is 0 Å². The topological polar surface area (TPSA) is 95.9 Å². The largest absolute Gasteiger partial charge is 0.394 e. The average Bonchev–Trinajstić information content (AvgIpc) is 2.25. The van der Waals surface area contributed by atoms with Gasteiger partial charge in [-0.1, -0.05) is 13.8 Å². The third-order valence-electron chi connectivity index (χ3n) is 3.19. The van der Waals surface area contributed by atoms with Crippen molar-refractivity contribution in [3.8, 4) is 0 Å².